The first-order valence-electron chi connectivity index (χ1n) is 4.79. The SMILES string of the molecule is CNC(COC(C)C)c1ccnnc1. The molecule has 1 atom stereocenters. The van der Waals surface area contributed by atoms with Crippen LogP contribution in [0.1, 0.15) is 25.5 Å². The minimum Gasteiger partial charge on any atom is -0.377 e. The first-order valence-corrected chi connectivity index (χ1v) is 4.79. The van der Waals surface area contributed by atoms with Gasteiger partial charge in [-0.1, -0.05) is 0 Å². The van der Waals surface area contributed by atoms with Crippen molar-refractivity contribution in [2.45, 2.75) is 26.0 Å². The molecule has 0 aliphatic rings. The Hall–Kier alpha value is -1.00. The molecule has 4 nitrogen and oxygen atoms in total. The van der Waals surface area contributed by atoms with Gasteiger partial charge in [0.1, 0.15) is 0 Å². The predicted molar refractivity (Wildman–Crippen MR) is 54.9 cm³/mol. The van der Waals surface area contributed by atoms with Crippen molar-refractivity contribution in [2.75, 3.05) is 13.7 Å². The highest BCUT2D eigenvalue weighted by Gasteiger charge is 2.09. The third kappa shape index (κ3) is 3.40. The van der Waals surface area contributed by atoms with Crippen molar-refractivity contribution in [1.82, 2.24) is 15.5 Å². The van der Waals surface area contributed by atoms with E-state index in [1.54, 1.807) is 12.4 Å². The van der Waals surface area contributed by atoms with E-state index in [1.807, 2.05) is 27.0 Å². The van der Waals surface area contributed by atoms with Crippen LogP contribution in [0.25, 0.3) is 0 Å². The Bertz CT molecular complexity index is 251. The quantitative estimate of drug-likeness (QED) is 0.766. The zero-order valence-corrected chi connectivity index (χ0v) is 8.90. The third-order valence-corrected chi connectivity index (χ3v) is 1.95. The highest BCUT2D eigenvalue weighted by atomic mass is 16.5. The van der Waals surface area contributed by atoms with E-state index >= 15 is 0 Å². The number of ether oxygens (including phenoxy) is 1. The van der Waals surface area contributed by atoms with E-state index in [-0.39, 0.29) is 12.1 Å². The Kier molecular flexibility index (Phi) is 4.49. The molecule has 0 bridgehead atoms. The maximum atomic E-state index is 5.54. The molecular weight excluding hydrogens is 178 g/mol. The number of rotatable bonds is 5. The lowest BCUT2D eigenvalue weighted by molar-refractivity contribution is 0.0625. The lowest BCUT2D eigenvalue weighted by Crippen LogP contribution is -2.23. The van der Waals surface area contributed by atoms with Gasteiger partial charge in [-0.25, -0.2) is 0 Å². The summed E-state index contributed by atoms with van der Waals surface area (Å²) in [5.41, 5.74) is 1.10. The minimum absolute atomic E-state index is 0.188. The number of likely N-dealkylation sites (N-methyl/N-ethyl adjacent to an activating group) is 1. The van der Waals surface area contributed by atoms with Gasteiger partial charge in [-0.05, 0) is 32.5 Å². The average Bonchev–Trinajstić information content (AvgIpc) is 2.20. The molecule has 1 rings (SSSR count). The molecule has 1 aromatic heterocycles. The monoisotopic (exact) mass is 195 g/mol. The maximum absolute atomic E-state index is 5.54. The van der Waals surface area contributed by atoms with Crippen LogP contribution in [0.5, 0.6) is 0 Å². The van der Waals surface area contributed by atoms with Crippen LogP contribution >= 0.6 is 0 Å². The highest BCUT2D eigenvalue weighted by Crippen LogP contribution is 2.10. The lowest BCUT2D eigenvalue weighted by Gasteiger charge is -2.17. The Balaban J connectivity index is 2.54. The van der Waals surface area contributed by atoms with Crippen LogP contribution < -0.4 is 5.32 Å². The summed E-state index contributed by atoms with van der Waals surface area (Å²) in [7, 11) is 1.91. The molecule has 78 valence electrons. The van der Waals surface area contributed by atoms with Gasteiger partial charge in [0.2, 0.25) is 0 Å². The van der Waals surface area contributed by atoms with Crippen LogP contribution in [-0.4, -0.2) is 30.0 Å². The number of nitrogens with zero attached hydrogens (tertiary/aromatic N) is 2. The van der Waals surface area contributed by atoms with Crippen molar-refractivity contribution in [1.29, 1.82) is 0 Å². The Labute approximate surface area is 84.7 Å². The van der Waals surface area contributed by atoms with Gasteiger partial charge in [-0.3, -0.25) is 0 Å². The normalized spacial score (nSPS) is 13.1. The van der Waals surface area contributed by atoms with E-state index in [0.717, 1.165) is 5.56 Å². The summed E-state index contributed by atoms with van der Waals surface area (Å²) in [5, 5.41) is 10.8. The second-order valence-electron chi connectivity index (χ2n) is 3.40. The van der Waals surface area contributed by atoms with Crippen molar-refractivity contribution >= 4 is 0 Å². The molecule has 0 saturated carbocycles. The molecule has 1 heterocycles. The van der Waals surface area contributed by atoms with Crippen molar-refractivity contribution < 1.29 is 4.74 Å². The van der Waals surface area contributed by atoms with Gasteiger partial charge >= 0.3 is 0 Å². The second-order valence-corrected chi connectivity index (χ2v) is 3.40. The van der Waals surface area contributed by atoms with E-state index in [9.17, 15) is 0 Å². The van der Waals surface area contributed by atoms with Gasteiger partial charge in [0.25, 0.3) is 0 Å². The van der Waals surface area contributed by atoms with E-state index < -0.39 is 0 Å². The van der Waals surface area contributed by atoms with E-state index in [1.165, 1.54) is 0 Å². The number of nitrogens with one attached hydrogen (secondary N) is 1. The van der Waals surface area contributed by atoms with Crippen LogP contribution in [0.2, 0.25) is 0 Å². The number of hydrogen-bond donors (Lipinski definition) is 1. The molecule has 0 aromatic carbocycles. The van der Waals surface area contributed by atoms with Gasteiger partial charge in [-0.15, -0.1) is 0 Å². The molecule has 0 aliphatic carbocycles. The second kappa shape index (κ2) is 5.67. The van der Waals surface area contributed by atoms with Gasteiger partial charge in [0, 0.05) is 6.20 Å². The van der Waals surface area contributed by atoms with Crippen LogP contribution in [0, 0.1) is 0 Å². The fraction of sp³-hybridized carbons (Fsp3) is 0.600. The third-order valence-electron chi connectivity index (χ3n) is 1.95. The van der Waals surface area contributed by atoms with Crippen molar-refractivity contribution in [3.63, 3.8) is 0 Å². The molecule has 0 radical (unpaired) electrons. The molecule has 4 heteroatoms. The molecule has 0 fully saturated rings. The summed E-state index contributed by atoms with van der Waals surface area (Å²) >= 11 is 0. The summed E-state index contributed by atoms with van der Waals surface area (Å²) in [6.07, 6.45) is 3.69. The Morgan fingerprint density at radius 3 is 2.71 bits per heavy atom. The topological polar surface area (TPSA) is 47.0 Å². The van der Waals surface area contributed by atoms with Crippen molar-refractivity contribution in [3.8, 4) is 0 Å². The molecule has 1 unspecified atom stereocenters. The average molecular weight is 195 g/mol. The lowest BCUT2D eigenvalue weighted by atomic mass is 10.1. The summed E-state index contributed by atoms with van der Waals surface area (Å²) in [6.45, 7) is 4.70. The molecule has 0 aliphatic heterocycles. The van der Waals surface area contributed by atoms with Gasteiger partial charge < -0.3 is 10.1 Å². The zero-order chi connectivity index (χ0) is 10.4. The Morgan fingerprint density at radius 2 is 2.21 bits per heavy atom. The van der Waals surface area contributed by atoms with Crippen LogP contribution in [0.4, 0.5) is 0 Å². The van der Waals surface area contributed by atoms with E-state index in [4.69, 9.17) is 4.74 Å². The maximum Gasteiger partial charge on any atom is 0.0665 e. The first-order chi connectivity index (χ1) is 6.74. The van der Waals surface area contributed by atoms with Crippen molar-refractivity contribution in [2.24, 2.45) is 0 Å². The number of hydrogen-bond acceptors (Lipinski definition) is 4. The molecule has 14 heavy (non-hydrogen) atoms. The Morgan fingerprint density at radius 1 is 1.43 bits per heavy atom. The van der Waals surface area contributed by atoms with Gasteiger partial charge in [-0.2, -0.15) is 10.2 Å². The van der Waals surface area contributed by atoms with Crippen molar-refractivity contribution in [3.05, 3.63) is 24.0 Å². The van der Waals surface area contributed by atoms with E-state index in [0.29, 0.717) is 6.61 Å². The van der Waals surface area contributed by atoms with Crippen LogP contribution in [0.3, 0.4) is 0 Å². The molecule has 1 aromatic rings. The highest BCUT2D eigenvalue weighted by molar-refractivity contribution is 5.11. The fourth-order valence-corrected chi connectivity index (χ4v) is 1.14. The zero-order valence-electron chi connectivity index (χ0n) is 8.90. The largest absolute Gasteiger partial charge is 0.377 e. The van der Waals surface area contributed by atoms with Gasteiger partial charge in [0.15, 0.2) is 0 Å². The predicted octanol–water partition coefficient (Wildman–Crippen LogP) is 1.16. The molecule has 0 spiro atoms. The smallest absolute Gasteiger partial charge is 0.0665 e. The molecule has 0 saturated heterocycles. The minimum atomic E-state index is 0.188. The molecular formula is C10H17N3O. The standard InChI is InChI=1S/C10H17N3O/c1-8(2)14-7-10(11-3)9-4-5-12-13-6-9/h4-6,8,10-11H,7H2,1-3H3. The van der Waals surface area contributed by atoms with Crippen LogP contribution in [-0.2, 0) is 4.74 Å². The van der Waals surface area contributed by atoms with E-state index in [2.05, 4.69) is 15.5 Å². The molecule has 1 N–H and O–H groups in total. The van der Waals surface area contributed by atoms with Crippen LogP contribution in [0.15, 0.2) is 18.5 Å². The number of aromatic nitrogens is 2. The summed E-state index contributed by atoms with van der Waals surface area (Å²) in [5.74, 6) is 0. The van der Waals surface area contributed by atoms with Gasteiger partial charge in [0.05, 0.1) is 24.9 Å². The fourth-order valence-electron chi connectivity index (χ4n) is 1.14. The summed E-state index contributed by atoms with van der Waals surface area (Å²) in [4.78, 5) is 0. The molecule has 0 amide bonds. The summed E-state index contributed by atoms with van der Waals surface area (Å²) < 4.78 is 5.54. The summed E-state index contributed by atoms with van der Waals surface area (Å²) in [6, 6.07) is 2.13. The first kappa shape index (κ1) is 11.1.